The van der Waals surface area contributed by atoms with Crippen molar-refractivity contribution in [1.82, 2.24) is 0 Å². The van der Waals surface area contributed by atoms with Gasteiger partial charge in [0.05, 0.1) is 16.0 Å². The van der Waals surface area contributed by atoms with Gasteiger partial charge in [-0.1, -0.05) is 34.8 Å². The molecule has 0 saturated heterocycles. The number of halogens is 3. The molecule has 0 aliphatic rings. The molecule has 0 heterocycles. The normalized spacial score (nSPS) is 9.15. The second-order valence-electron chi connectivity index (χ2n) is 2.03. The summed E-state index contributed by atoms with van der Waals surface area (Å²) >= 11 is 16.6. The summed E-state index contributed by atoms with van der Waals surface area (Å²) in [5, 5.41) is 10.7. The third kappa shape index (κ3) is 3.68. The van der Waals surface area contributed by atoms with Crippen molar-refractivity contribution >= 4 is 40.8 Å². The van der Waals surface area contributed by atoms with Crippen molar-refractivity contribution in [2.45, 2.75) is 0 Å². The Kier molecular flexibility index (Phi) is 6.47. The molecule has 64 valence electrons. The Balaban J connectivity index is 0.00000144. The zero-order valence-electron chi connectivity index (χ0n) is 6.61. The van der Waals surface area contributed by atoms with Gasteiger partial charge in [-0.2, -0.15) is 0 Å². The Morgan fingerprint density at radius 3 is 1.85 bits per heavy atom. The topological polar surface area (TPSA) is 40.1 Å². The van der Waals surface area contributed by atoms with Gasteiger partial charge in [0, 0.05) is 10.6 Å². The molecule has 6 heteroatoms. The molecule has 1 rings (SSSR count). The van der Waals surface area contributed by atoms with Crippen LogP contribution in [0, 0.1) is 0 Å². The van der Waals surface area contributed by atoms with Gasteiger partial charge in [-0.15, -0.1) is 0 Å². The quantitative estimate of drug-likeness (QED) is 0.611. The van der Waals surface area contributed by atoms with E-state index in [0.29, 0.717) is 0 Å². The molecule has 0 N–H and O–H groups in total. The molecule has 0 spiro atoms. The molecular weight excluding hydrogens is 262 g/mol. The number of hydrogen-bond acceptors (Lipinski definition) is 2. The second kappa shape index (κ2) is 5.93. The van der Waals surface area contributed by atoms with Gasteiger partial charge in [0.1, 0.15) is 0 Å². The van der Waals surface area contributed by atoms with Gasteiger partial charge < -0.3 is 9.90 Å². The van der Waals surface area contributed by atoms with E-state index in [0.717, 1.165) is 0 Å². The van der Waals surface area contributed by atoms with Gasteiger partial charge in [-0.3, -0.25) is 0 Å². The molecule has 0 aromatic heterocycles. The second-order valence-corrected chi connectivity index (χ2v) is 3.28. The van der Waals surface area contributed by atoms with E-state index in [-0.39, 0.29) is 72.0 Å². The van der Waals surface area contributed by atoms with Crippen molar-refractivity contribution in [3.8, 4) is 0 Å². The smallest absolute Gasteiger partial charge is 0.545 e. The van der Waals surface area contributed by atoms with E-state index in [1.54, 1.807) is 0 Å². The van der Waals surface area contributed by atoms with Crippen molar-refractivity contribution in [3.05, 3.63) is 32.8 Å². The molecule has 0 atom stereocenters. The van der Waals surface area contributed by atoms with Gasteiger partial charge in [0.25, 0.3) is 0 Å². The number of aromatic carboxylic acids is 1. The predicted molar refractivity (Wildman–Crippen MR) is 45.8 cm³/mol. The first-order chi connectivity index (χ1) is 5.52. The molecule has 0 aliphatic heterocycles. The minimum Gasteiger partial charge on any atom is -0.545 e. The first-order valence-corrected chi connectivity index (χ1v) is 4.01. The fraction of sp³-hybridized carbons (Fsp3) is 0. The van der Waals surface area contributed by atoms with Crippen molar-refractivity contribution in [2.75, 3.05) is 0 Å². The Bertz CT molecular complexity index is 318. The predicted octanol–water partition coefficient (Wildman–Crippen LogP) is -0.986. The van der Waals surface area contributed by atoms with Crippen LogP contribution in [-0.4, -0.2) is 5.97 Å². The molecule has 13 heavy (non-hydrogen) atoms. The van der Waals surface area contributed by atoms with Crippen LogP contribution >= 0.6 is 34.8 Å². The number of carboxylic acids is 1. The van der Waals surface area contributed by atoms with E-state index in [9.17, 15) is 9.90 Å². The maximum Gasteiger partial charge on any atom is 1.00 e. The molecule has 0 saturated carbocycles. The zero-order valence-corrected chi connectivity index (χ0v) is 12.0. The van der Waals surface area contributed by atoms with E-state index in [1.165, 1.54) is 12.1 Å². The third-order valence-corrected chi connectivity index (χ3v) is 2.03. The van der Waals surface area contributed by atoms with E-state index in [1.807, 2.05) is 0 Å². The summed E-state index contributed by atoms with van der Waals surface area (Å²) in [6.07, 6.45) is 0. The average Bonchev–Trinajstić information content (AvgIpc) is 1.82. The molecule has 1 aromatic rings. The molecule has 0 radical (unpaired) electrons. The largest absolute Gasteiger partial charge is 1.00 e. The molecular formula is C7H2Cl3KO2. The first-order valence-electron chi connectivity index (χ1n) is 2.88. The monoisotopic (exact) mass is 262 g/mol. The number of rotatable bonds is 1. The minimum atomic E-state index is -1.42. The molecule has 0 unspecified atom stereocenters. The first kappa shape index (κ1) is 14.2. The van der Waals surface area contributed by atoms with Crippen LogP contribution in [0.5, 0.6) is 0 Å². The fourth-order valence-electron chi connectivity index (χ4n) is 0.737. The maximum atomic E-state index is 10.4. The van der Waals surface area contributed by atoms with Gasteiger partial charge >= 0.3 is 51.4 Å². The molecule has 0 fully saturated rings. The standard InChI is InChI=1S/C7H3Cl3O2.K/c8-3-1-4(9)6(7(11)12)5(10)2-3;/h1-2H,(H,11,12);/q;+1/p-1. The number of carbonyl (C=O) groups excluding carboxylic acids is 1. The van der Waals surface area contributed by atoms with Crippen LogP contribution in [0.2, 0.25) is 15.1 Å². The fourth-order valence-corrected chi connectivity index (χ4v) is 1.71. The molecule has 0 bridgehead atoms. The Morgan fingerprint density at radius 1 is 1.15 bits per heavy atom. The van der Waals surface area contributed by atoms with Crippen LogP contribution in [0.4, 0.5) is 0 Å². The van der Waals surface area contributed by atoms with Gasteiger partial charge in [0.15, 0.2) is 0 Å². The van der Waals surface area contributed by atoms with Crippen molar-refractivity contribution < 1.29 is 61.3 Å². The van der Waals surface area contributed by atoms with E-state index < -0.39 is 5.97 Å². The summed E-state index contributed by atoms with van der Waals surface area (Å²) in [4.78, 5) is 10.4. The number of hydrogen-bond donors (Lipinski definition) is 0. The Labute approximate surface area is 133 Å². The third-order valence-electron chi connectivity index (χ3n) is 1.21. The Hall–Kier alpha value is 1.20. The van der Waals surface area contributed by atoms with E-state index in [2.05, 4.69) is 0 Å². The SMILES string of the molecule is O=C([O-])c1c(Cl)cc(Cl)cc1Cl.[K+]. The Morgan fingerprint density at radius 2 is 1.54 bits per heavy atom. The summed E-state index contributed by atoms with van der Waals surface area (Å²) in [6, 6.07) is 2.58. The van der Waals surface area contributed by atoms with E-state index >= 15 is 0 Å². The van der Waals surface area contributed by atoms with Crippen LogP contribution in [0.15, 0.2) is 12.1 Å². The number of benzene rings is 1. The summed E-state index contributed by atoms with van der Waals surface area (Å²) in [6.45, 7) is 0. The van der Waals surface area contributed by atoms with Crippen LogP contribution < -0.4 is 56.5 Å². The minimum absolute atomic E-state index is 0. The van der Waals surface area contributed by atoms with Gasteiger partial charge in [-0.25, -0.2) is 0 Å². The molecule has 1 aromatic carbocycles. The number of carboxylic acid groups (broad SMARTS) is 1. The summed E-state index contributed by atoms with van der Waals surface area (Å²) in [5.74, 6) is -1.42. The van der Waals surface area contributed by atoms with Crippen molar-refractivity contribution in [3.63, 3.8) is 0 Å². The molecule has 0 amide bonds. The molecule has 2 nitrogen and oxygen atoms in total. The molecule has 0 aliphatic carbocycles. The van der Waals surface area contributed by atoms with Crippen LogP contribution in [0.25, 0.3) is 0 Å². The van der Waals surface area contributed by atoms with E-state index in [4.69, 9.17) is 34.8 Å². The summed E-state index contributed by atoms with van der Waals surface area (Å²) in [7, 11) is 0. The van der Waals surface area contributed by atoms with Gasteiger partial charge in [0.2, 0.25) is 0 Å². The van der Waals surface area contributed by atoms with Crippen LogP contribution in [0.3, 0.4) is 0 Å². The van der Waals surface area contributed by atoms with Crippen LogP contribution in [0.1, 0.15) is 10.4 Å². The number of carbonyl (C=O) groups is 1. The average molecular weight is 264 g/mol. The van der Waals surface area contributed by atoms with Crippen LogP contribution in [-0.2, 0) is 0 Å². The summed E-state index contributed by atoms with van der Waals surface area (Å²) in [5.41, 5.74) is -0.234. The summed E-state index contributed by atoms with van der Waals surface area (Å²) < 4.78 is 0. The van der Waals surface area contributed by atoms with Gasteiger partial charge in [-0.05, 0) is 12.1 Å². The zero-order chi connectivity index (χ0) is 9.30. The maximum absolute atomic E-state index is 10.4. The van der Waals surface area contributed by atoms with Crippen molar-refractivity contribution in [2.24, 2.45) is 0 Å². The van der Waals surface area contributed by atoms with Crippen molar-refractivity contribution in [1.29, 1.82) is 0 Å².